The second-order valence-electron chi connectivity index (χ2n) is 9.56. The number of aliphatic hydroxyl groups excluding tert-OH is 2. The van der Waals surface area contributed by atoms with Gasteiger partial charge < -0.3 is 25.2 Å². The molecule has 1 heterocycles. The largest absolute Gasteiger partial charge is 0.481 e. The van der Waals surface area contributed by atoms with E-state index in [2.05, 4.69) is 6.58 Å². The third kappa shape index (κ3) is 3.52. The van der Waals surface area contributed by atoms with Gasteiger partial charge in [0.25, 0.3) is 0 Å². The Bertz CT molecular complexity index is 640. The van der Waals surface area contributed by atoms with Crippen LogP contribution in [0.3, 0.4) is 0 Å². The molecule has 0 unspecified atom stereocenters. The van der Waals surface area contributed by atoms with E-state index in [9.17, 15) is 30.0 Å². The van der Waals surface area contributed by atoms with Crippen LogP contribution in [0.25, 0.3) is 0 Å². The third-order valence-electron chi connectivity index (χ3n) is 6.73. The van der Waals surface area contributed by atoms with Gasteiger partial charge in [-0.1, -0.05) is 13.0 Å². The number of esters is 1. The lowest BCUT2D eigenvalue weighted by Crippen LogP contribution is -2.69. The number of hydrogen-bond donors (Lipinski definition) is 4. The van der Waals surface area contributed by atoms with Crippen molar-refractivity contribution in [3.63, 3.8) is 0 Å². The summed E-state index contributed by atoms with van der Waals surface area (Å²) >= 11 is 0. The van der Waals surface area contributed by atoms with Crippen molar-refractivity contribution in [3.8, 4) is 0 Å². The highest BCUT2D eigenvalue weighted by Crippen LogP contribution is 2.62. The van der Waals surface area contributed by atoms with E-state index in [1.165, 1.54) is 26.8 Å². The topological polar surface area (TPSA) is 124 Å². The quantitative estimate of drug-likeness (QED) is 0.404. The van der Waals surface area contributed by atoms with Gasteiger partial charge in [-0.2, -0.15) is 0 Å². The van der Waals surface area contributed by atoms with E-state index in [-0.39, 0.29) is 19.3 Å². The second kappa shape index (κ2) is 6.57. The fourth-order valence-electron chi connectivity index (χ4n) is 5.83. The summed E-state index contributed by atoms with van der Waals surface area (Å²) in [5.74, 6) is -2.99. The summed E-state index contributed by atoms with van der Waals surface area (Å²) in [5, 5.41) is 42.0. The highest BCUT2D eigenvalue weighted by atomic mass is 16.6. The lowest BCUT2D eigenvalue weighted by Gasteiger charge is -2.63. The van der Waals surface area contributed by atoms with Crippen molar-refractivity contribution in [2.75, 3.05) is 0 Å². The van der Waals surface area contributed by atoms with Crippen LogP contribution < -0.4 is 0 Å². The third-order valence-corrected chi connectivity index (χ3v) is 6.73. The number of ether oxygens (including phenoxy) is 1. The Kier molecular flexibility index (Phi) is 5.32. The normalized spacial score (nSPS) is 39.9. The molecule has 0 amide bonds. The van der Waals surface area contributed by atoms with Crippen molar-refractivity contribution in [1.82, 2.24) is 0 Å². The van der Waals surface area contributed by atoms with Crippen LogP contribution in [-0.4, -0.2) is 55.8 Å². The van der Waals surface area contributed by atoms with Gasteiger partial charge in [0.05, 0.1) is 29.6 Å². The molecule has 2 fully saturated rings. The molecule has 0 spiro atoms. The molecule has 7 atom stereocenters. The van der Waals surface area contributed by atoms with Crippen molar-refractivity contribution < 1.29 is 34.8 Å². The Labute approximate surface area is 160 Å². The van der Waals surface area contributed by atoms with Gasteiger partial charge >= 0.3 is 11.9 Å². The smallest absolute Gasteiger partial charge is 0.309 e. The zero-order valence-electron chi connectivity index (χ0n) is 16.7. The standard InChI is InChI=1S/C20H32O7/c1-7-18(4,26)8-11(21)15-19(5)10-13(23)27-20(15,6)9-12(22)14(19)17(2,3)16(24)25/h7,11-12,14-15,21-22,26H,1,8-10H2,2-6H3,(H,24,25)/t11-,12+,14+,15-,18+,19+,20-/m0/s1. The van der Waals surface area contributed by atoms with E-state index < -0.39 is 58.0 Å². The zero-order valence-corrected chi connectivity index (χ0v) is 16.7. The number of carboxylic acids is 1. The zero-order chi connectivity index (χ0) is 21.0. The number of rotatable bonds is 6. The van der Waals surface area contributed by atoms with Crippen LogP contribution in [0.15, 0.2) is 12.7 Å². The molecule has 0 aromatic rings. The van der Waals surface area contributed by atoms with Crippen molar-refractivity contribution >= 4 is 11.9 Å². The van der Waals surface area contributed by atoms with Crippen LogP contribution in [0.2, 0.25) is 0 Å². The van der Waals surface area contributed by atoms with Crippen LogP contribution >= 0.6 is 0 Å². The van der Waals surface area contributed by atoms with E-state index in [4.69, 9.17) is 4.74 Å². The number of carbonyl (C=O) groups is 2. The molecule has 1 aliphatic carbocycles. The van der Waals surface area contributed by atoms with E-state index in [0.717, 1.165) is 0 Å². The van der Waals surface area contributed by atoms with Gasteiger partial charge in [0, 0.05) is 24.7 Å². The van der Waals surface area contributed by atoms with E-state index in [0.29, 0.717) is 0 Å². The monoisotopic (exact) mass is 384 g/mol. The van der Waals surface area contributed by atoms with Crippen LogP contribution in [0, 0.1) is 22.7 Å². The highest BCUT2D eigenvalue weighted by molar-refractivity contribution is 5.76. The number of carboxylic acid groups (broad SMARTS) is 1. The molecule has 154 valence electrons. The lowest BCUT2D eigenvalue weighted by atomic mass is 9.46. The first kappa shape index (κ1) is 21.9. The maximum absolute atomic E-state index is 12.3. The molecule has 1 aliphatic heterocycles. The van der Waals surface area contributed by atoms with Crippen molar-refractivity contribution in [2.45, 2.75) is 77.3 Å². The summed E-state index contributed by atoms with van der Waals surface area (Å²) in [5.41, 5.74) is -4.85. The van der Waals surface area contributed by atoms with Crippen LogP contribution in [0.1, 0.15) is 53.9 Å². The molecule has 0 aromatic carbocycles. The van der Waals surface area contributed by atoms with Crippen LogP contribution in [0.4, 0.5) is 0 Å². The molecular weight excluding hydrogens is 352 g/mol. The minimum absolute atomic E-state index is 0.0215. The first-order valence-corrected chi connectivity index (χ1v) is 9.28. The predicted octanol–water partition coefficient (Wildman–Crippen LogP) is 1.49. The molecule has 0 radical (unpaired) electrons. The molecule has 1 saturated carbocycles. The SMILES string of the molecule is C=C[C@@](C)(O)C[C@H](O)[C@H]1[C@]2(C)CC(=O)O[C@@]1(C)C[C@@H](O)[C@@H]2C(C)(C)C(=O)O. The van der Waals surface area contributed by atoms with E-state index in [1.807, 2.05) is 0 Å². The fourth-order valence-corrected chi connectivity index (χ4v) is 5.83. The predicted molar refractivity (Wildman–Crippen MR) is 97.7 cm³/mol. The number of carbonyl (C=O) groups excluding carboxylic acids is 1. The van der Waals surface area contributed by atoms with Crippen molar-refractivity contribution in [1.29, 1.82) is 0 Å². The highest BCUT2D eigenvalue weighted by Gasteiger charge is 2.68. The Morgan fingerprint density at radius 3 is 2.44 bits per heavy atom. The Morgan fingerprint density at radius 2 is 1.96 bits per heavy atom. The fraction of sp³-hybridized carbons (Fsp3) is 0.800. The molecule has 7 nitrogen and oxygen atoms in total. The summed E-state index contributed by atoms with van der Waals surface area (Å²) in [6, 6.07) is 0. The summed E-state index contributed by atoms with van der Waals surface area (Å²) < 4.78 is 5.57. The van der Waals surface area contributed by atoms with Crippen LogP contribution in [0.5, 0.6) is 0 Å². The lowest BCUT2D eigenvalue weighted by molar-refractivity contribution is -0.265. The molecule has 2 aliphatic rings. The molecule has 2 bridgehead atoms. The van der Waals surface area contributed by atoms with Gasteiger partial charge in [-0.15, -0.1) is 6.58 Å². The maximum Gasteiger partial charge on any atom is 0.309 e. The van der Waals surface area contributed by atoms with Gasteiger partial charge in [0.2, 0.25) is 0 Å². The molecule has 4 N–H and O–H groups in total. The first-order chi connectivity index (χ1) is 12.1. The summed E-state index contributed by atoms with van der Waals surface area (Å²) in [6.07, 6.45) is -0.894. The second-order valence-corrected chi connectivity index (χ2v) is 9.56. The molecule has 0 aromatic heterocycles. The molecule has 27 heavy (non-hydrogen) atoms. The molecular formula is C20H32O7. The van der Waals surface area contributed by atoms with Crippen molar-refractivity contribution in [2.24, 2.45) is 22.7 Å². The minimum atomic E-state index is -1.34. The summed E-state index contributed by atoms with van der Waals surface area (Å²) in [7, 11) is 0. The molecule has 2 rings (SSSR count). The minimum Gasteiger partial charge on any atom is -0.481 e. The number of fused-ring (bicyclic) bond motifs is 2. The van der Waals surface area contributed by atoms with Gasteiger partial charge in [0.1, 0.15) is 5.60 Å². The summed E-state index contributed by atoms with van der Waals surface area (Å²) in [6.45, 7) is 11.5. The Morgan fingerprint density at radius 1 is 1.41 bits per heavy atom. The van der Waals surface area contributed by atoms with Gasteiger partial charge in [-0.25, -0.2) is 0 Å². The maximum atomic E-state index is 12.3. The van der Waals surface area contributed by atoms with Gasteiger partial charge in [-0.3, -0.25) is 9.59 Å². The Balaban J connectivity index is 2.59. The first-order valence-electron chi connectivity index (χ1n) is 9.28. The molecule has 7 heteroatoms. The number of aliphatic carboxylic acids is 1. The van der Waals surface area contributed by atoms with Gasteiger partial charge in [0.15, 0.2) is 0 Å². The van der Waals surface area contributed by atoms with E-state index >= 15 is 0 Å². The average Bonchev–Trinajstić information content (AvgIpc) is 2.42. The number of aliphatic hydroxyl groups is 3. The van der Waals surface area contributed by atoms with Gasteiger partial charge in [-0.05, 0) is 33.1 Å². The van der Waals surface area contributed by atoms with Crippen LogP contribution in [-0.2, 0) is 14.3 Å². The summed E-state index contributed by atoms with van der Waals surface area (Å²) in [4.78, 5) is 24.3. The number of hydrogen-bond acceptors (Lipinski definition) is 6. The Hall–Kier alpha value is -1.44. The average molecular weight is 384 g/mol. The van der Waals surface area contributed by atoms with Crippen molar-refractivity contribution in [3.05, 3.63) is 12.7 Å². The van der Waals surface area contributed by atoms with E-state index in [1.54, 1.807) is 13.8 Å². The molecule has 1 saturated heterocycles.